The Hall–Kier alpha value is -2.09. The number of anilines is 2. The van der Waals surface area contributed by atoms with Gasteiger partial charge in [0.2, 0.25) is 15.9 Å². The summed E-state index contributed by atoms with van der Waals surface area (Å²) < 4.78 is 26.1. The lowest BCUT2D eigenvalue weighted by Gasteiger charge is -2.18. The number of carbonyl (C=O) groups is 1. The molecule has 0 radical (unpaired) electrons. The lowest BCUT2D eigenvalue weighted by atomic mass is 10.1. The lowest BCUT2D eigenvalue weighted by Crippen LogP contribution is -2.29. The average molecular weight is 396 g/mol. The molecule has 1 aliphatic heterocycles. The van der Waals surface area contributed by atoms with Crippen LogP contribution in [0, 0.1) is 0 Å². The van der Waals surface area contributed by atoms with Gasteiger partial charge in [-0.1, -0.05) is 18.2 Å². The Morgan fingerprint density at radius 3 is 2.65 bits per heavy atom. The first kappa shape index (κ1) is 20.2. The van der Waals surface area contributed by atoms with Crippen molar-refractivity contribution in [3.05, 3.63) is 53.6 Å². The molecular weight excluding hydrogens is 374 g/mol. The second kappa shape index (κ2) is 8.07. The lowest BCUT2D eigenvalue weighted by molar-refractivity contribution is -0.118. The molecule has 0 saturated heterocycles. The summed E-state index contributed by atoms with van der Waals surface area (Å²) in [6.07, 6.45) is 1.61. The van der Waals surface area contributed by atoms with E-state index in [1.165, 1.54) is 13.1 Å². The van der Waals surface area contributed by atoms with Crippen LogP contribution in [0.2, 0.25) is 0 Å². The third-order valence-electron chi connectivity index (χ3n) is 4.49. The highest BCUT2D eigenvalue weighted by Gasteiger charge is 2.26. The molecule has 0 saturated carbocycles. The number of amides is 1. The number of nitrogens with zero attached hydrogens (tertiary/aromatic N) is 1. The zero-order chi connectivity index (χ0) is 18.0. The van der Waals surface area contributed by atoms with Crippen molar-refractivity contribution >= 4 is 39.7 Å². The highest BCUT2D eigenvalue weighted by atomic mass is 35.5. The zero-order valence-corrected chi connectivity index (χ0v) is 16.1. The van der Waals surface area contributed by atoms with Crippen molar-refractivity contribution in [3.8, 4) is 0 Å². The summed E-state index contributed by atoms with van der Waals surface area (Å²) in [6, 6.07) is 12.4. The number of benzene rings is 2. The first-order valence-electron chi connectivity index (χ1n) is 8.12. The van der Waals surface area contributed by atoms with Gasteiger partial charge in [0.25, 0.3) is 0 Å². The van der Waals surface area contributed by atoms with E-state index in [0.717, 1.165) is 16.8 Å². The third-order valence-corrected chi connectivity index (χ3v) is 5.90. The molecule has 0 aromatic heterocycles. The number of rotatable bonds is 5. The number of nitrogens with one attached hydrogen (secondary N) is 1. The molecule has 0 spiro atoms. The van der Waals surface area contributed by atoms with Gasteiger partial charge in [-0.2, -0.15) is 0 Å². The number of sulfonamides is 1. The number of para-hydroxylation sites is 1. The van der Waals surface area contributed by atoms with Crippen molar-refractivity contribution in [3.63, 3.8) is 0 Å². The minimum Gasteiger partial charge on any atom is -0.399 e. The maximum Gasteiger partial charge on any atom is 0.240 e. The van der Waals surface area contributed by atoms with E-state index in [1.807, 2.05) is 24.3 Å². The summed E-state index contributed by atoms with van der Waals surface area (Å²) in [5, 5.41) is 0. The number of nitrogen functional groups attached to an aromatic ring is 1. The zero-order valence-electron chi connectivity index (χ0n) is 14.4. The van der Waals surface area contributed by atoms with Crippen molar-refractivity contribution in [2.24, 2.45) is 0 Å². The topological polar surface area (TPSA) is 92.5 Å². The van der Waals surface area contributed by atoms with E-state index in [0.29, 0.717) is 31.5 Å². The van der Waals surface area contributed by atoms with Crippen LogP contribution in [0.1, 0.15) is 17.5 Å². The van der Waals surface area contributed by atoms with Crippen molar-refractivity contribution in [1.29, 1.82) is 0 Å². The van der Waals surface area contributed by atoms with Crippen LogP contribution in [0.3, 0.4) is 0 Å². The summed E-state index contributed by atoms with van der Waals surface area (Å²) in [7, 11) is -2.09. The average Bonchev–Trinajstić information content (AvgIpc) is 3.04. The Labute approximate surface area is 159 Å². The van der Waals surface area contributed by atoms with E-state index in [1.54, 1.807) is 17.0 Å². The van der Waals surface area contributed by atoms with Gasteiger partial charge in [0.1, 0.15) is 0 Å². The maximum absolute atomic E-state index is 12.6. The molecule has 3 rings (SSSR count). The van der Waals surface area contributed by atoms with Crippen LogP contribution in [0.4, 0.5) is 11.4 Å². The summed E-state index contributed by atoms with van der Waals surface area (Å²) in [5.41, 5.74) is 9.25. The molecule has 140 valence electrons. The fraction of sp³-hybridized carbons (Fsp3) is 0.278. The molecule has 0 bridgehead atoms. The smallest absolute Gasteiger partial charge is 0.240 e. The third kappa shape index (κ3) is 4.00. The number of halogens is 1. The number of nitrogens with two attached hydrogens (primary N) is 1. The quantitative estimate of drug-likeness (QED) is 0.758. The van der Waals surface area contributed by atoms with E-state index in [-0.39, 0.29) is 23.2 Å². The molecule has 0 atom stereocenters. The maximum atomic E-state index is 12.6. The summed E-state index contributed by atoms with van der Waals surface area (Å²) in [6.45, 7) is 0.571. The SMILES string of the molecule is CNS(=O)(=O)c1ccc2c(c1)CCN2C(=O)CCc1ccccc1N.Cl. The molecule has 1 aliphatic rings. The molecule has 0 aliphatic carbocycles. The molecule has 8 heteroatoms. The molecule has 0 unspecified atom stereocenters. The number of aryl methyl sites for hydroxylation is 1. The molecule has 2 aromatic rings. The van der Waals surface area contributed by atoms with Gasteiger partial charge in [-0.3, -0.25) is 4.79 Å². The fourth-order valence-corrected chi connectivity index (χ4v) is 3.84. The van der Waals surface area contributed by atoms with Crippen LogP contribution in [0.25, 0.3) is 0 Å². The molecular formula is C18H22ClN3O3S. The summed E-state index contributed by atoms with van der Waals surface area (Å²) in [5.74, 6) is 0.0197. The minimum absolute atomic E-state index is 0. The van der Waals surface area contributed by atoms with E-state index >= 15 is 0 Å². The van der Waals surface area contributed by atoms with Crippen LogP contribution < -0.4 is 15.4 Å². The molecule has 26 heavy (non-hydrogen) atoms. The van der Waals surface area contributed by atoms with Crippen LogP contribution >= 0.6 is 12.4 Å². The number of fused-ring (bicyclic) bond motifs is 1. The predicted octanol–water partition coefficient (Wildman–Crippen LogP) is 2.12. The van der Waals surface area contributed by atoms with Crippen molar-refractivity contribution in [2.75, 3.05) is 24.2 Å². The van der Waals surface area contributed by atoms with Crippen LogP contribution in [-0.2, 0) is 27.7 Å². The molecule has 1 heterocycles. The van der Waals surface area contributed by atoms with Crippen LogP contribution in [-0.4, -0.2) is 27.9 Å². The monoisotopic (exact) mass is 395 g/mol. The Balaban J connectivity index is 0.00000243. The van der Waals surface area contributed by atoms with E-state index in [4.69, 9.17) is 5.73 Å². The van der Waals surface area contributed by atoms with Crippen LogP contribution in [0.15, 0.2) is 47.4 Å². The molecule has 3 N–H and O–H groups in total. The standard InChI is InChI=1S/C18H21N3O3S.ClH/c1-20-25(23,24)15-7-8-17-14(12-15)10-11-21(17)18(22)9-6-13-4-2-3-5-16(13)19;/h2-5,7-8,12,20H,6,9-11,19H2,1H3;1H. The van der Waals surface area contributed by atoms with Gasteiger partial charge in [0.05, 0.1) is 4.90 Å². The van der Waals surface area contributed by atoms with Crippen molar-refractivity contribution < 1.29 is 13.2 Å². The Bertz CT molecular complexity index is 916. The summed E-state index contributed by atoms with van der Waals surface area (Å²) in [4.78, 5) is 14.5. The Morgan fingerprint density at radius 1 is 1.23 bits per heavy atom. The number of carbonyl (C=O) groups excluding carboxylic acids is 1. The van der Waals surface area contributed by atoms with Crippen molar-refractivity contribution in [1.82, 2.24) is 4.72 Å². The van der Waals surface area contributed by atoms with Gasteiger partial charge in [0, 0.05) is 24.3 Å². The molecule has 1 amide bonds. The van der Waals surface area contributed by atoms with E-state index in [9.17, 15) is 13.2 Å². The second-order valence-corrected chi connectivity index (χ2v) is 7.88. The highest BCUT2D eigenvalue weighted by Crippen LogP contribution is 2.31. The Morgan fingerprint density at radius 2 is 1.96 bits per heavy atom. The minimum atomic E-state index is -3.48. The van der Waals surface area contributed by atoms with Gasteiger partial charge >= 0.3 is 0 Å². The van der Waals surface area contributed by atoms with E-state index in [2.05, 4.69) is 4.72 Å². The van der Waals surface area contributed by atoms with Gasteiger partial charge in [-0.15, -0.1) is 12.4 Å². The van der Waals surface area contributed by atoms with E-state index < -0.39 is 10.0 Å². The van der Waals surface area contributed by atoms with Crippen LogP contribution in [0.5, 0.6) is 0 Å². The molecule has 0 fully saturated rings. The van der Waals surface area contributed by atoms with Crippen molar-refractivity contribution in [2.45, 2.75) is 24.2 Å². The van der Waals surface area contributed by atoms with Gasteiger partial charge in [-0.25, -0.2) is 13.1 Å². The van der Waals surface area contributed by atoms with Gasteiger partial charge in [-0.05, 0) is 55.3 Å². The molecule has 6 nitrogen and oxygen atoms in total. The second-order valence-electron chi connectivity index (χ2n) is 5.99. The van der Waals surface area contributed by atoms with Gasteiger partial charge in [0.15, 0.2) is 0 Å². The first-order chi connectivity index (χ1) is 11.9. The number of hydrogen-bond acceptors (Lipinski definition) is 4. The highest BCUT2D eigenvalue weighted by molar-refractivity contribution is 7.89. The molecule has 2 aromatic carbocycles. The van der Waals surface area contributed by atoms with Gasteiger partial charge < -0.3 is 10.6 Å². The number of hydrogen-bond donors (Lipinski definition) is 2. The largest absolute Gasteiger partial charge is 0.399 e. The Kier molecular flexibility index (Phi) is 6.28. The first-order valence-corrected chi connectivity index (χ1v) is 9.61. The fourth-order valence-electron chi connectivity index (χ4n) is 3.06. The normalized spacial score (nSPS) is 13.2. The summed E-state index contributed by atoms with van der Waals surface area (Å²) >= 11 is 0. The predicted molar refractivity (Wildman–Crippen MR) is 105 cm³/mol.